The fourth-order valence-corrected chi connectivity index (χ4v) is 4.73. The maximum Gasteiger partial charge on any atom is 0.303 e. The molecule has 1 amide bonds. The van der Waals surface area contributed by atoms with Crippen LogP contribution in [0, 0.1) is 0 Å². The number of aromatic nitrogens is 2. The zero-order valence-electron chi connectivity index (χ0n) is 20.8. The van der Waals surface area contributed by atoms with Crippen molar-refractivity contribution in [1.29, 1.82) is 0 Å². The molecule has 1 aliphatic heterocycles. The first-order chi connectivity index (χ1) is 18.0. The average molecular weight is 496 g/mol. The summed E-state index contributed by atoms with van der Waals surface area (Å²) < 4.78 is 5.33. The number of carbonyl (C=O) groups excluding carboxylic acids is 1. The van der Waals surface area contributed by atoms with Gasteiger partial charge in [-0.1, -0.05) is 42.5 Å². The minimum atomic E-state index is -0.796. The van der Waals surface area contributed by atoms with Crippen LogP contribution in [-0.2, 0) is 11.2 Å². The molecule has 2 heterocycles. The molecule has 3 aromatic carbocycles. The third-order valence-electron chi connectivity index (χ3n) is 6.82. The third kappa shape index (κ3) is 5.45. The number of methoxy groups -OCH3 is 1. The summed E-state index contributed by atoms with van der Waals surface area (Å²) in [6.07, 6.45) is 2.02. The number of unbranched alkanes of at least 4 members (excludes halogenated alkanes) is 1. The van der Waals surface area contributed by atoms with Crippen molar-refractivity contribution in [1.82, 2.24) is 14.9 Å². The van der Waals surface area contributed by atoms with Crippen LogP contribution < -0.4 is 4.74 Å². The Morgan fingerprint density at radius 1 is 0.946 bits per heavy atom. The number of aryl methyl sites for hydroxylation is 1. The van der Waals surface area contributed by atoms with Gasteiger partial charge in [-0.25, -0.2) is 9.97 Å². The molecule has 1 N–H and O–H groups in total. The van der Waals surface area contributed by atoms with Crippen molar-refractivity contribution in [2.24, 2.45) is 0 Å². The first-order valence-corrected chi connectivity index (χ1v) is 12.5. The molecule has 1 saturated heterocycles. The smallest absolute Gasteiger partial charge is 0.303 e. The van der Waals surface area contributed by atoms with Crippen molar-refractivity contribution in [2.75, 3.05) is 20.2 Å². The maximum absolute atomic E-state index is 13.2. The van der Waals surface area contributed by atoms with Gasteiger partial charge in [0.25, 0.3) is 5.91 Å². The van der Waals surface area contributed by atoms with Gasteiger partial charge >= 0.3 is 5.97 Å². The number of carbonyl (C=O) groups is 2. The van der Waals surface area contributed by atoms with Crippen LogP contribution in [0.2, 0.25) is 0 Å². The quantitative estimate of drug-likeness (QED) is 0.315. The number of benzene rings is 3. The Labute approximate surface area is 215 Å². The second kappa shape index (κ2) is 10.8. The molecule has 1 aromatic heterocycles. The summed E-state index contributed by atoms with van der Waals surface area (Å²) in [5.74, 6) is 0.308. The number of carboxylic acids is 1. The van der Waals surface area contributed by atoms with E-state index in [0.717, 1.165) is 28.2 Å². The van der Waals surface area contributed by atoms with Gasteiger partial charge in [0.2, 0.25) is 0 Å². The molecule has 0 unspecified atom stereocenters. The number of likely N-dealkylation sites (tertiary alicyclic amines) is 1. The lowest BCUT2D eigenvalue weighted by molar-refractivity contribution is -0.137. The van der Waals surface area contributed by atoms with Crippen LogP contribution in [-0.4, -0.2) is 52.1 Å². The van der Waals surface area contributed by atoms with E-state index in [-0.39, 0.29) is 12.3 Å². The van der Waals surface area contributed by atoms with Crippen molar-refractivity contribution in [3.8, 4) is 17.0 Å². The highest BCUT2D eigenvalue weighted by Crippen LogP contribution is 2.31. The molecule has 1 fully saturated rings. The highest BCUT2D eigenvalue weighted by Gasteiger charge is 2.32. The molecule has 188 valence electrons. The number of rotatable bonds is 9. The Kier molecular flexibility index (Phi) is 7.12. The summed E-state index contributed by atoms with van der Waals surface area (Å²) in [6.45, 7) is 1.33. The number of ether oxygens (including phenoxy) is 1. The number of hydrogen-bond acceptors (Lipinski definition) is 5. The molecule has 0 bridgehead atoms. The van der Waals surface area contributed by atoms with Crippen molar-refractivity contribution < 1.29 is 19.4 Å². The fourth-order valence-electron chi connectivity index (χ4n) is 4.73. The van der Waals surface area contributed by atoms with E-state index in [0.29, 0.717) is 49.4 Å². The minimum absolute atomic E-state index is 0.0157. The molecule has 1 aliphatic rings. The Morgan fingerprint density at radius 3 is 2.51 bits per heavy atom. The standard InChI is InChI=1S/C30H29N3O4/c1-37-24-11-7-10-21(16-24)23-18-33(19-23)30(36)22-14-15-25-27(17-22)31-26(12-5-6-13-28(34)35)29(32-25)20-8-3-2-4-9-20/h2-4,7-11,14-17,23H,5-6,12-13,18-19H2,1H3,(H,34,35). The molecule has 4 aromatic rings. The van der Waals surface area contributed by atoms with Crippen LogP contribution in [0.15, 0.2) is 72.8 Å². The van der Waals surface area contributed by atoms with E-state index in [9.17, 15) is 9.59 Å². The van der Waals surface area contributed by atoms with Crippen molar-refractivity contribution in [3.63, 3.8) is 0 Å². The summed E-state index contributed by atoms with van der Waals surface area (Å²) >= 11 is 0. The third-order valence-corrected chi connectivity index (χ3v) is 6.82. The van der Waals surface area contributed by atoms with Gasteiger partial charge in [-0.3, -0.25) is 9.59 Å². The zero-order chi connectivity index (χ0) is 25.8. The Bertz CT molecular complexity index is 1430. The average Bonchev–Trinajstić information content (AvgIpc) is 2.90. The first kappa shape index (κ1) is 24.4. The molecular formula is C30H29N3O4. The molecule has 7 nitrogen and oxygen atoms in total. The fraction of sp³-hybridized carbons (Fsp3) is 0.267. The lowest BCUT2D eigenvalue weighted by Gasteiger charge is -2.39. The molecule has 0 saturated carbocycles. The predicted octanol–water partition coefficient (Wildman–Crippen LogP) is 5.34. The van der Waals surface area contributed by atoms with E-state index >= 15 is 0 Å². The molecule has 0 spiro atoms. The summed E-state index contributed by atoms with van der Waals surface area (Å²) in [6, 6.07) is 23.4. The lowest BCUT2D eigenvalue weighted by atomic mass is 9.90. The van der Waals surface area contributed by atoms with Gasteiger partial charge in [-0.2, -0.15) is 0 Å². The molecule has 0 atom stereocenters. The zero-order valence-corrected chi connectivity index (χ0v) is 20.8. The summed E-state index contributed by atoms with van der Waals surface area (Å²) in [7, 11) is 1.66. The Balaban J connectivity index is 1.36. The van der Waals surface area contributed by atoms with Gasteiger partial charge in [0.05, 0.1) is 29.5 Å². The van der Waals surface area contributed by atoms with Crippen molar-refractivity contribution >= 4 is 22.9 Å². The molecule has 7 heteroatoms. The molecule has 0 aliphatic carbocycles. The van der Waals surface area contributed by atoms with Gasteiger partial charge in [-0.05, 0) is 55.2 Å². The van der Waals surface area contributed by atoms with Gasteiger partial charge in [0.15, 0.2) is 0 Å². The topological polar surface area (TPSA) is 92.6 Å². The van der Waals surface area contributed by atoms with E-state index in [4.69, 9.17) is 19.8 Å². The van der Waals surface area contributed by atoms with Gasteiger partial charge in [-0.15, -0.1) is 0 Å². The number of nitrogens with zero attached hydrogens (tertiary/aromatic N) is 3. The van der Waals surface area contributed by atoms with Crippen LogP contribution >= 0.6 is 0 Å². The largest absolute Gasteiger partial charge is 0.497 e. The number of hydrogen-bond donors (Lipinski definition) is 1. The molecule has 37 heavy (non-hydrogen) atoms. The second-order valence-electron chi connectivity index (χ2n) is 9.37. The van der Waals surface area contributed by atoms with Gasteiger partial charge in [0.1, 0.15) is 5.75 Å². The molecule has 5 rings (SSSR count). The van der Waals surface area contributed by atoms with E-state index < -0.39 is 5.97 Å². The lowest BCUT2D eigenvalue weighted by Crippen LogP contribution is -2.48. The number of carboxylic acid groups (broad SMARTS) is 1. The van der Waals surface area contributed by atoms with Crippen molar-refractivity contribution in [2.45, 2.75) is 31.6 Å². The van der Waals surface area contributed by atoms with E-state index in [2.05, 4.69) is 6.07 Å². The van der Waals surface area contributed by atoms with Crippen LogP contribution in [0.4, 0.5) is 0 Å². The minimum Gasteiger partial charge on any atom is -0.497 e. The second-order valence-corrected chi connectivity index (χ2v) is 9.37. The monoisotopic (exact) mass is 495 g/mol. The highest BCUT2D eigenvalue weighted by molar-refractivity contribution is 5.98. The van der Waals surface area contributed by atoms with E-state index in [1.54, 1.807) is 7.11 Å². The SMILES string of the molecule is COc1cccc(C2CN(C(=O)c3ccc4nc(-c5ccccc5)c(CCCCC(=O)O)nc4c3)C2)c1. The first-order valence-electron chi connectivity index (χ1n) is 12.5. The van der Waals surface area contributed by atoms with E-state index in [1.165, 1.54) is 5.56 Å². The summed E-state index contributed by atoms with van der Waals surface area (Å²) in [5.41, 5.74) is 5.74. The predicted molar refractivity (Wildman–Crippen MR) is 142 cm³/mol. The maximum atomic E-state index is 13.2. The number of aliphatic carboxylic acids is 1. The summed E-state index contributed by atoms with van der Waals surface area (Å²) in [4.78, 5) is 35.8. The van der Waals surface area contributed by atoms with Crippen LogP contribution in [0.25, 0.3) is 22.3 Å². The normalized spacial score (nSPS) is 13.4. The van der Waals surface area contributed by atoms with Crippen LogP contribution in [0.1, 0.15) is 46.8 Å². The van der Waals surface area contributed by atoms with Crippen molar-refractivity contribution in [3.05, 3.63) is 89.6 Å². The highest BCUT2D eigenvalue weighted by atomic mass is 16.5. The van der Waals surface area contributed by atoms with Gasteiger partial charge in [0, 0.05) is 36.6 Å². The molecule has 0 radical (unpaired) electrons. The number of fused-ring (bicyclic) bond motifs is 1. The van der Waals surface area contributed by atoms with Crippen LogP contribution in [0.5, 0.6) is 5.75 Å². The van der Waals surface area contributed by atoms with E-state index in [1.807, 2.05) is 71.6 Å². The summed E-state index contributed by atoms with van der Waals surface area (Å²) in [5, 5.41) is 8.97. The number of amides is 1. The Morgan fingerprint density at radius 2 is 1.76 bits per heavy atom. The Hall–Kier alpha value is -4.26. The molecular weight excluding hydrogens is 466 g/mol. The van der Waals surface area contributed by atoms with Crippen LogP contribution in [0.3, 0.4) is 0 Å². The van der Waals surface area contributed by atoms with Gasteiger partial charge < -0.3 is 14.7 Å².